The SMILES string of the molecule is Cc1cc(-c2ccn3nc(NC(=O)C4CC4)cc3c2)c(OC[C@H]2CCN2C2CC2)cn1. The molecular formula is C24H27N5O2. The molecular weight excluding hydrogens is 390 g/mol. The first-order valence-corrected chi connectivity index (χ1v) is 11.3. The van der Waals surface area contributed by atoms with Crippen LogP contribution in [-0.4, -0.2) is 50.6 Å². The average molecular weight is 418 g/mol. The van der Waals surface area contributed by atoms with Crippen molar-refractivity contribution in [3.8, 4) is 16.9 Å². The predicted octanol–water partition coefficient (Wildman–Crippen LogP) is 3.67. The highest BCUT2D eigenvalue weighted by atomic mass is 16.5. The van der Waals surface area contributed by atoms with Gasteiger partial charge >= 0.3 is 0 Å². The molecule has 3 fully saturated rings. The van der Waals surface area contributed by atoms with Crippen LogP contribution < -0.4 is 10.1 Å². The van der Waals surface area contributed by atoms with Crippen LogP contribution in [0.15, 0.2) is 36.7 Å². The largest absolute Gasteiger partial charge is 0.490 e. The minimum Gasteiger partial charge on any atom is -0.490 e. The number of ether oxygens (including phenoxy) is 1. The molecule has 0 spiro atoms. The molecule has 7 heteroatoms. The standard InChI is InChI=1S/C24H27N5O2/c1-15-10-21(22(13-25-15)31-14-19-7-8-28(19)18-4-5-18)17-6-9-29-20(11-17)12-23(27-29)26-24(30)16-2-3-16/h6,9-13,16,18-19H,2-5,7-8,14H2,1H3,(H,26,27,30)/t19-/m1/s1. The molecule has 1 N–H and O–H groups in total. The first-order valence-electron chi connectivity index (χ1n) is 11.3. The lowest BCUT2D eigenvalue weighted by Crippen LogP contribution is -2.51. The zero-order valence-corrected chi connectivity index (χ0v) is 17.8. The van der Waals surface area contributed by atoms with E-state index in [9.17, 15) is 4.79 Å². The van der Waals surface area contributed by atoms with Gasteiger partial charge in [-0.15, -0.1) is 0 Å². The number of hydrogen-bond donors (Lipinski definition) is 1. The second-order valence-electron chi connectivity index (χ2n) is 9.12. The molecule has 0 unspecified atom stereocenters. The van der Waals surface area contributed by atoms with Gasteiger partial charge in [-0.25, -0.2) is 4.52 Å². The maximum absolute atomic E-state index is 12.1. The zero-order chi connectivity index (χ0) is 20.9. The van der Waals surface area contributed by atoms with Crippen LogP contribution in [0.4, 0.5) is 5.82 Å². The van der Waals surface area contributed by atoms with E-state index in [1.165, 1.54) is 25.8 Å². The van der Waals surface area contributed by atoms with Gasteiger partial charge in [0.05, 0.1) is 11.7 Å². The van der Waals surface area contributed by atoms with Crippen molar-refractivity contribution in [2.24, 2.45) is 5.92 Å². The second kappa shape index (κ2) is 7.34. The number of pyridine rings is 2. The fourth-order valence-electron chi connectivity index (χ4n) is 4.40. The van der Waals surface area contributed by atoms with Gasteiger partial charge in [-0.1, -0.05) is 0 Å². The van der Waals surface area contributed by atoms with Gasteiger partial charge in [0.25, 0.3) is 0 Å². The summed E-state index contributed by atoms with van der Waals surface area (Å²) in [5.74, 6) is 1.65. The summed E-state index contributed by atoms with van der Waals surface area (Å²) in [7, 11) is 0. The van der Waals surface area contributed by atoms with Crippen LogP contribution in [0.5, 0.6) is 5.75 Å². The molecule has 7 nitrogen and oxygen atoms in total. The molecule has 3 aromatic heterocycles. The first-order chi connectivity index (χ1) is 15.1. The summed E-state index contributed by atoms with van der Waals surface area (Å²) in [6, 6.07) is 9.43. The zero-order valence-electron chi connectivity index (χ0n) is 17.8. The van der Waals surface area contributed by atoms with Gasteiger partial charge in [0, 0.05) is 48.1 Å². The summed E-state index contributed by atoms with van der Waals surface area (Å²) in [6.45, 7) is 3.91. The van der Waals surface area contributed by atoms with Gasteiger partial charge in [0.15, 0.2) is 5.82 Å². The van der Waals surface area contributed by atoms with Gasteiger partial charge in [0.1, 0.15) is 12.4 Å². The number of aromatic nitrogens is 3. The first kappa shape index (κ1) is 18.8. The third-order valence-corrected chi connectivity index (χ3v) is 6.61. The molecule has 2 aliphatic carbocycles. The molecule has 3 aliphatic rings. The third-order valence-electron chi connectivity index (χ3n) is 6.61. The van der Waals surface area contributed by atoms with E-state index >= 15 is 0 Å². The van der Waals surface area contributed by atoms with Crippen LogP contribution in [0.25, 0.3) is 16.6 Å². The predicted molar refractivity (Wildman–Crippen MR) is 118 cm³/mol. The fourth-order valence-corrected chi connectivity index (χ4v) is 4.40. The Morgan fingerprint density at radius 3 is 2.81 bits per heavy atom. The van der Waals surface area contributed by atoms with Crippen LogP contribution in [0, 0.1) is 12.8 Å². The number of hydrogen-bond acceptors (Lipinski definition) is 5. The average Bonchev–Trinajstić information content (AvgIpc) is 3.65. The number of nitrogens with one attached hydrogen (secondary N) is 1. The minimum absolute atomic E-state index is 0.0697. The summed E-state index contributed by atoms with van der Waals surface area (Å²) in [6.07, 6.45) is 9.61. The van der Waals surface area contributed by atoms with Crippen molar-refractivity contribution in [3.63, 3.8) is 0 Å². The van der Waals surface area contributed by atoms with Gasteiger partial charge in [-0.2, -0.15) is 5.10 Å². The van der Waals surface area contributed by atoms with Crippen molar-refractivity contribution in [1.29, 1.82) is 0 Å². The Balaban J connectivity index is 1.24. The van der Waals surface area contributed by atoms with Gasteiger partial charge < -0.3 is 10.1 Å². The summed E-state index contributed by atoms with van der Waals surface area (Å²) in [4.78, 5) is 19.1. The fraction of sp³-hybridized carbons (Fsp3) is 0.458. The minimum atomic E-state index is 0.0697. The van der Waals surface area contributed by atoms with Crippen molar-refractivity contribution in [2.45, 2.75) is 51.1 Å². The number of likely N-dealkylation sites (tertiary alicyclic amines) is 1. The number of rotatable bonds is 7. The van der Waals surface area contributed by atoms with Crippen LogP contribution in [-0.2, 0) is 4.79 Å². The molecule has 4 heterocycles. The molecule has 1 saturated heterocycles. The Kier molecular flexibility index (Phi) is 4.45. The Morgan fingerprint density at radius 1 is 1.19 bits per heavy atom. The van der Waals surface area contributed by atoms with Crippen LogP contribution >= 0.6 is 0 Å². The van der Waals surface area contributed by atoms with Crippen LogP contribution in [0.3, 0.4) is 0 Å². The number of carbonyl (C=O) groups excluding carboxylic acids is 1. The molecule has 0 radical (unpaired) electrons. The molecule has 0 bridgehead atoms. The maximum atomic E-state index is 12.1. The summed E-state index contributed by atoms with van der Waals surface area (Å²) in [5, 5.41) is 7.41. The lowest BCUT2D eigenvalue weighted by molar-refractivity contribution is -0.117. The summed E-state index contributed by atoms with van der Waals surface area (Å²) in [5.41, 5.74) is 3.98. The van der Waals surface area contributed by atoms with E-state index in [0.29, 0.717) is 18.5 Å². The third kappa shape index (κ3) is 3.78. The Labute approximate surface area is 181 Å². The molecule has 1 atom stereocenters. The molecule has 2 saturated carbocycles. The van der Waals surface area contributed by atoms with E-state index in [1.54, 1.807) is 4.52 Å². The van der Waals surface area contributed by atoms with Gasteiger partial charge in [-0.3, -0.25) is 14.7 Å². The normalized spacial score (nSPS) is 21.1. The Bertz CT molecular complexity index is 1150. The van der Waals surface area contributed by atoms with E-state index in [2.05, 4.69) is 32.4 Å². The van der Waals surface area contributed by atoms with Crippen molar-refractivity contribution in [3.05, 3.63) is 42.4 Å². The van der Waals surface area contributed by atoms with Crippen molar-refractivity contribution < 1.29 is 9.53 Å². The number of carbonyl (C=O) groups is 1. The van der Waals surface area contributed by atoms with E-state index in [-0.39, 0.29) is 11.8 Å². The highest BCUT2D eigenvalue weighted by Gasteiger charge is 2.39. The molecule has 1 aliphatic heterocycles. The molecule has 6 rings (SSSR count). The Hall–Kier alpha value is -2.93. The van der Waals surface area contributed by atoms with Crippen molar-refractivity contribution in [1.82, 2.24) is 19.5 Å². The lowest BCUT2D eigenvalue weighted by atomic mass is 10.0. The summed E-state index contributed by atoms with van der Waals surface area (Å²) >= 11 is 0. The Morgan fingerprint density at radius 2 is 2.06 bits per heavy atom. The van der Waals surface area contributed by atoms with Crippen LogP contribution in [0.2, 0.25) is 0 Å². The molecule has 31 heavy (non-hydrogen) atoms. The van der Waals surface area contributed by atoms with Crippen molar-refractivity contribution in [2.75, 3.05) is 18.5 Å². The molecule has 160 valence electrons. The highest BCUT2D eigenvalue weighted by molar-refractivity contribution is 5.93. The van der Waals surface area contributed by atoms with Crippen molar-refractivity contribution >= 4 is 17.2 Å². The molecule has 0 aromatic carbocycles. The topological polar surface area (TPSA) is 71.8 Å². The van der Waals surface area contributed by atoms with E-state index in [1.807, 2.05) is 31.5 Å². The molecule has 3 aromatic rings. The number of fused-ring (bicyclic) bond motifs is 1. The highest BCUT2D eigenvalue weighted by Crippen LogP contribution is 2.36. The van der Waals surface area contributed by atoms with E-state index in [4.69, 9.17) is 4.74 Å². The maximum Gasteiger partial charge on any atom is 0.228 e. The summed E-state index contributed by atoms with van der Waals surface area (Å²) < 4.78 is 8.07. The lowest BCUT2D eigenvalue weighted by Gasteiger charge is -2.41. The number of nitrogens with zero attached hydrogens (tertiary/aromatic N) is 4. The van der Waals surface area contributed by atoms with Gasteiger partial charge in [-0.05, 0) is 62.8 Å². The quantitative estimate of drug-likeness (QED) is 0.635. The van der Waals surface area contributed by atoms with E-state index in [0.717, 1.165) is 47.0 Å². The number of aryl methyl sites for hydroxylation is 1. The molecule has 1 amide bonds. The monoisotopic (exact) mass is 417 g/mol. The number of amides is 1. The smallest absolute Gasteiger partial charge is 0.228 e. The number of anilines is 1. The second-order valence-corrected chi connectivity index (χ2v) is 9.12. The van der Waals surface area contributed by atoms with Gasteiger partial charge in [0.2, 0.25) is 5.91 Å². The van der Waals surface area contributed by atoms with E-state index < -0.39 is 0 Å². The van der Waals surface area contributed by atoms with Crippen LogP contribution in [0.1, 0.15) is 37.8 Å².